The fourth-order valence-corrected chi connectivity index (χ4v) is 8.26. The summed E-state index contributed by atoms with van der Waals surface area (Å²) in [4.78, 5) is 10.9. The molecule has 0 radical (unpaired) electrons. The van der Waals surface area contributed by atoms with Gasteiger partial charge in [-0.05, 0) is 98.2 Å². The lowest BCUT2D eigenvalue weighted by atomic mass is 9.43. The predicted octanol–water partition coefficient (Wildman–Crippen LogP) is 3.20. The third-order valence-corrected chi connectivity index (χ3v) is 9.90. The van der Waals surface area contributed by atoms with Gasteiger partial charge in [0.1, 0.15) is 0 Å². The van der Waals surface area contributed by atoms with Crippen molar-refractivity contribution < 1.29 is 25.2 Å². The molecule has 160 valence electrons. The summed E-state index contributed by atoms with van der Waals surface area (Å²) >= 11 is 0. The van der Waals surface area contributed by atoms with Crippen LogP contribution in [-0.2, 0) is 4.79 Å². The standard InChI is InChI=1S/C23H38O5/c1-22-9-8-15(24)10-14(22)11-18(25)21-16-7-6-13(4-3-5-20(27)28)23(16,2)19(26)12-17(21)22/h13-19,21,24-26H,3-12H2,1-2H3,(H,27,28). The topological polar surface area (TPSA) is 98.0 Å². The van der Waals surface area contributed by atoms with Gasteiger partial charge in [-0.15, -0.1) is 0 Å². The molecule has 4 fully saturated rings. The van der Waals surface area contributed by atoms with Gasteiger partial charge >= 0.3 is 5.97 Å². The van der Waals surface area contributed by atoms with Crippen molar-refractivity contribution in [1.82, 2.24) is 0 Å². The zero-order chi connectivity index (χ0) is 20.3. The summed E-state index contributed by atoms with van der Waals surface area (Å²) in [5.74, 6) is 0.810. The summed E-state index contributed by atoms with van der Waals surface area (Å²) in [6.07, 6.45) is 6.95. The molecule has 0 aromatic heterocycles. The van der Waals surface area contributed by atoms with Gasteiger partial charge in [0.15, 0.2) is 0 Å². The summed E-state index contributed by atoms with van der Waals surface area (Å²) in [6.45, 7) is 4.56. The van der Waals surface area contributed by atoms with E-state index in [4.69, 9.17) is 5.11 Å². The molecule has 28 heavy (non-hydrogen) atoms. The van der Waals surface area contributed by atoms with Crippen molar-refractivity contribution in [2.75, 3.05) is 0 Å². The van der Waals surface area contributed by atoms with E-state index in [1.807, 2.05) is 0 Å². The summed E-state index contributed by atoms with van der Waals surface area (Å²) in [5, 5.41) is 41.7. The summed E-state index contributed by atoms with van der Waals surface area (Å²) in [7, 11) is 0. The minimum absolute atomic E-state index is 0.104. The number of carboxylic acids is 1. The van der Waals surface area contributed by atoms with Crippen LogP contribution in [0, 0.1) is 40.4 Å². The number of aliphatic hydroxyl groups is 3. The maximum absolute atomic E-state index is 11.4. The number of fused-ring (bicyclic) bond motifs is 5. The molecule has 4 aliphatic rings. The van der Waals surface area contributed by atoms with Crippen molar-refractivity contribution in [3.8, 4) is 0 Å². The molecular formula is C23H38O5. The molecule has 0 heterocycles. The third kappa shape index (κ3) is 3.04. The Kier molecular flexibility index (Phi) is 5.33. The van der Waals surface area contributed by atoms with Crippen LogP contribution in [0.1, 0.15) is 78.1 Å². The molecule has 0 amide bonds. The fraction of sp³-hybridized carbons (Fsp3) is 0.957. The summed E-state index contributed by atoms with van der Waals surface area (Å²) in [5.41, 5.74) is -0.106. The second kappa shape index (κ2) is 7.24. The first-order valence-corrected chi connectivity index (χ1v) is 11.4. The van der Waals surface area contributed by atoms with Crippen molar-refractivity contribution in [3.63, 3.8) is 0 Å². The second-order valence-electron chi connectivity index (χ2n) is 10.9. The molecule has 4 N–H and O–H groups in total. The summed E-state index contributed by atoms with van der Waals surface area (Å²) in [6, 6.07) is 0. The normalized spacial score (nSPS) is 53.2. The first kappa shape index (κ1) is 20.6. The zero-order valence-electron chi connectivity index (χ0n) is 17.4. The quantitative estimate of drug-likeness (QED) is 0.587. The maximum atomic E-state index is 11.4. The van der Waals surface area contributed by atoms with E-state index < -0.39 is 5.97 Å². The van der Waals surface area contributed by atoms with Crippen LogP contribution in [0.25, 0.3) is 0 Å². The van der Waals surface area contributed by atoms with Gasteiger partial charge < -0.3 is 20.4 Å². The Morgan fingerprint density at radius 3 is 2.46 bits per heavy atom. The molecule has 0 aromatic carbocycles. The highest BCUT2D eigenvalue weighted by atomic mass is 16.4. The van der Waals surface area contributed by atoms with E-state index in [0.717, 1.165) is 51.4 Å². The Morgan fingerprint density at radius 1 is 1.00 bits per heavy atom. The highest BCUT2D eigenvalue weighted by Crippen LogP contribution is 2.67. The molecule has 5 heteroatoms. The number of carboxylic acid groups (broad SMARTS) is 1. The molecule has 10 unspecified atom stereocenters. The van der Waals surface area contributed by atoms with Crippen LogP contribution < -0.4 is 0 Å². The average Bonchev–Trinajstić information content (AvgIpc) is 2.95. The Morgan fingerprint density at radius 2 is 1.75 bits per heavy atom. The highest BCUT2D eigenvalue weighted by Gasteiger charge is 2.65. The van der Waals surface area contributed by atoms with Gasteiger partial charge in [0.25, 0.3) is 0 Å². The molecule has 0 bridgehead atoms. The van der Waals surface area contributed by atoms with Crippen molar-refractivity contribution in [2.24, 2.45) is 40.4 Å². The zero-order valence-corrected chi connectivity index (χ0v) is 17.4. The molecular weight excluding hydrogens is 356 g/mol. The van der Waals surface area contributed by atoms with Gasteiger partial charge in [-0.3, -0.25) is 4.79 Å². The number of hydrogen-bond acceptors (Lipinski definition) is 4. The predicted molar refractivity (Wildman–Crippen MR) is 105 cm³/mol. The number of aliphatic carboxylic acids is 1. The minimum atomic E-state index is -0.745. The van der Waals surface area contributed by atoms with Crippen LogP contribution >= 0.6 is 0 Å². The Hall–Kier alpha value is -0.650. The van der Waals surface area contributed by atoms with Crippen molar-refractivity contribution >= 4 is 5.97 Å². The lowest BCUT2D eigenvalue weighted by Crippen LogP contribution is -2.62. The SMILES string of the molecule is CC12CCC(O)CC1CC(O)C1C2CC(O)C2(C)C(CCCC(=O)O)CCC12. The molecule has 5 nitrogen and oxygen atoms in total. The van der Waals surface area contributed by atoms with Crippen molar-refractivity contribution in [2.45, 2.75) is 96.4 Å². The van der Waals surface area contributed by atoms with Gasteiger partial charge in [-0.1, -0.05) is 13.8 Å². The molecule has 4 saturated carbocycles. The van der Waals surface area contributed by atoms with E-state index in [9.17, 15) is 20.1 Å². The largest absolute Gasteiger partial charge is 0.481 e. The van der Waals surface area contributed by atoms with Gasteiger partial charge in [0.2, 0.25) is 0 Å². The van der Waals surface area contributed by atoms with Crippen molar-refractivity contribution in [3.05, 3.63) is 0 Å². The smallest absolute Gasteiger partial charge is 0.303 e. The maximum Gasteiger partial charge on any atom is 0.303 e. The Balaban J connectivity index is 1.58. The Labute approximate surface area is 168 Å². The first-order valence-electron chi connectivity index (χ1n) is 11.4. The Bertz CT molecular complexity index is 608. The minimum Gasteiger partial charge on any atom is -0.481 e. The number of hydrogen-bond donors (Lipinski definition) is 4. The van der Waals surface area contributed by atoms with Crippen LogP contribution in [0.15, 0.2) is 0 Å². The van der Waals surface area contributed by atoms with E-state index in [1.165, 1.54) is 0 Å². The van der Waals surface area contributed by atoms with Crippen LogP contribution in [0.2, 0.25) is 0 Å². The van der Waals surface area contributed by atoms with E-state index in [1.54, 1.807) is 0 Å². The molecule has 10 atom stereocenters. The van der Waals surface area contributed by atoms with E-state index in [2.05, 4.69) is 13.8 Å². The van der Waals surface area contributed by atoms with Crippen molar-refractivity contribution in [1.29, 1.82) is 0 Å². The monoisotopic (exact) mass is 394 g/mol. The lowest BCUT2D eigenvalue weighted by Gasteiger charge is -2.63. The number of carbonyl (C=O) groups is 1. The second-order valence-corrected chi connectivity index (χ2v) is 10.9. The van der Waals surface area contributed by atoms with Gasteiger partial charge in [0.05, 0.1) is 18.3 Å². The van der Waals surface area contributed by atoms with Gasteiger partial charge in [0, 0.05) is 6.42 Å². The third-order valence-electron chi connectivity index (χ3n) is 9.90. The number of rotatable bonds is 4. The average molecular weight is 395 g/mol. The molecule has 0 saturated heterocycles. The molecule has 4 rings (SSSR count). The van der Waals surface area contributed by atoms with E-state index in [-0.39, 0.29) is 41.5 Å². The summed E-state index contributed by atoms with van der Waals surface area (Å²) < 4.78 is 0. The molecule has 0 aliphatic heterocycles. The van der Waals surface area contributed by atoms with Gasteiger partial charge in [-0.25, -0.2) is 0 Å². The lowest BCUT2D eigenvalue weighted by molar-refractivity contribution is -0.204. The molecule has 4 aliphatic carbocycles. The fourth-order valence-electron chi connectivity index (χ4n) is 8.26. The van der Waals surface area contributed by atoms with E-state index >= 15 is 0 Å². The molecule has 0 spiro atoms. The van der Waals surface area contributed by atoms with Crippen LogP contribution in [0.3, 0.4) is 0 Å². The van der Waals surface area contributed by atoms with Gasteiger partial charge in [-0.2, -0.15) is 0 Å². The van der Waals surface area contributed by atoms with Crippen LogP contribution in [0.4, 0.5) is 0 Å². The first-order chi connectivity index (χ1) is 13.2. The highest BCUT2D eigenvalue weighted by molar-refractivity contribution is 5.66. The molecule has 0 aromatic rings. The van der Waals surface area contributed by atoms with E-state index in [0.29, 0.717) is 30.1 Å². The van der Waals surface area contributed by atoms with Crippen LogP contribution in [-0.4, -0.2) is 44.7 Å². The number of aliphatic hydroxyl groups excluding tert-OH is 3. The van der Waals surface area contributed by atoms with Crippen LogP contribution in [0.5, 0.6) is 0 Å².